The molecule has 0 aliphatic rings. The van der Waals surface area contributed by atoms with E-state index < -0.39 is 5.97 Å². The molecular formula is C24H20N2O3S. The minimum absolute atomic E-state index is 0.257. The van der Waals surface area contributed by atoms with Crippen LogP contribution in [0.15, 0.2) is 60.7 Å². The van der Waals surface area contributed by atoms with Crippen molar-refractivity contribution in [3.63, 3.8) is 0 Å². The minimum Gasteiger partial charge on any atom is -0.453 e. The third-order valence-electron chi connectivity index (χ3n) is 4.82. The fourth-order valence-corrected chi connectivity index (χ4v) is 4.25. The number of benzene rings is 2. The van der Waals surface area contributed by atoms with E-state index in [2.05, 4.69) is 0 Å². The SMILES string of the molecule is Cc1cccc(C(=O)COC(=O)c2sc3nc(-c4ccccc4)c(C)cc3c2N)c1. The molecule has 30 heavy (non-hydrogen) atoms. The number of nitrogen functional groups attached to an aromatic ring is 1. The van der Waals surface area contributed by atoms with Crippen LogP contribution in [0.1, 0.15) is 31.2 Å². The largest absolute Gasteiger partial charge is 0.453 e. The molecule has 0 atom stereocenters. The number of Topliss-reactive ketones (excluding diaryl/α,β-unsaturated/α-hetero) is 1. The van der Waals surface area contributed by atoms with E-state index in [4.69, 9.17) is 15.5 Å². The Morgan fingerprint density at radius 2 is 1.80 bits per heavy atom. The molecule has 5 nitrogen and oxygen atoms in total. The van der Waals surface area contributed by atoms with Crippen molar-refractivity contribution in [2.45, 2.75) is 13.8 Å². The second-order valence-electron chi connectivity index (χ2n) is 7.09. The Kier molecular flexibility index (Phi) is 5.33. The number of esters is 1. The van der Waals surface area contributed by atoms with Gasteiger partial charge in [-0.3, -0.25) is 4.79 Å². The molecule has 0 unspecified atom stereocenters. The number of hydrogen-bond donors (Lipinski definition) is 1. The molecule has 2 N–H and O–H groups in total. The van der Waals surface area contributed by atoms with Gasteiger partial charge < -0.3 is 10.5 Å². The summed E-state index contributed by atoms with van der Waals surface area (Å²) < 4.78 is 5.25. The van der Waals surface area contributed by atoms with Gasteiger partial charge in [0.05, 0.1) is 11.4 Å². The first kappa shape index (κ1) is 19.8. The van der Waals surface area contributed by atoms with E-state index in [0.29, 0.717) is 21.5 Å². The fraction of sp³-hybridized carbons (Fsp3) is 0.125. The van der Waals surface area contributed by atoms with Gasteiger partial charge >= 0.3 is 5.97 Å². The van der Waals surface area contributed by atoms with E-state index in [1.165, 1.54) is 11.3 Å². The molecule has 0 radical (unpaired) electrons. The summed E-state index contributed by atoms with van der Waals surface area (Å²) in [4.78, 5) is 30.6. The second kappa shape index (κ2) is 8.08. The molecule has 4 aromatic rings. The van der Waals surface area contributed by atoms with Crippen molar-refractivity contribution in [1.82, 2.24) is 4.98 Å². The van der Waals surface area contributed by atoms with Crippen molar-refractivity contribution < 1.29 is 14.3 Å². The van der Waals surface area contributed by atoms with Gasteiger partial charge in [-0.1, -0.05) is 54.1 Å². The molecule has 0 aliphatic heterocycles. The summed E-state index contributed by atoms with van der Waals surface area (Å²) in [6.07, 6.45) is 0. The van der Waals surface area contributed by atoms with Gasteiger partial charge in [0.2, 0.25) is 0 Å². The van der Waals surface area contributed by atoms with Crippen molar-refractivity contribution in [3.8, 4) is 11.3 Å². The van der Waals surface area contributed by atoms with Gasteiger partial charge in [-0.05, 0) is 31.5 Å². The topological polar surface area (TPSA) is 82.3 Å². The van der Waals surface area contributed by atoms with Crippen molar-refractivity contribution in [2.24, 2.45) is 0 Å². The van der Waals surface area contributed by atoms with Crippen LogP contribution in [0.3, 0.4) is 0 Å². The lowest BCUT2D eigenvalue weighted by molar-refractivity contribution is 0.0480. The highest BCUT2D eigenvalue weighted by atomic mass is 32.1. The van der Waals surface area contributed by atoms with E-state index in [0.717, 1.165) is 22.4 Å². The molecule has 0 amide bonds. The molecule has 6 heteroatoms. The molecule has 0 saturated heterocycles. The Bertz CT molecular complexity index is 1260. The van der Waals surface area contributed by atoms with Crippen molar-refractivity contribution in [3.05, 3.63) is 82.2 Å². The number of carbonyl (C=O) groups excluding carboxylic acids is 2. The van der Waals surface area contributed by atoms with Gasteiger partial charge in [0.1, 0.15) is 9.71 Å². The highest BCUT2D eigenvalue weighted by molar-refractivity contribution is 7.21. The van der Waals surface area contributed by atoms with Crippen LogP contribution in [-0.2, 0) is 4.74 Å². The number of fused-ring (bicyclic) bond motifs is 1. The number of anilines is 1. The predicted molar refractivity (Wildman–Crippen MR) is 120 cm³/mol. The normalized spacial score (nSPS) is 10.9. The van der Waals surface area contributed by atoms with E-state index >= 15 is 0 Å². The number of aromatic nitrogens is 1. The van der Waals surface area contributed by atoms with E-state index in [1.807, 2.05) is 56.3 Å². The zero-order chi connectivity index (χ0) is 21.3. The van der Waals surface area contributed by atoms with Gasteiger partial charge in [0.15, 0.2) is 12.4 Å². The maximum atomic E-state index is 12.6. The monoisotopic (exact) mass is 416 g/mol. The van der Waals surface area contributed by atoms with E-state index in [1.54, 1.807) is 18.2 Å². The molecule has 0 aliphatic carbocycles. The summed E-state index contributed by atoms with van der Waals surface area (Å²) in [5.41, 5.74) is 10.8. The molecular weight excluding hydrogens is 396 g/mol. The first-order chi connectivity index (χ1) is 14.4. The summed E-state index contributed by atoms with van der Waals surface area (Å²) in [5, 5.41) is 0.717. The van der Waals surface area contributed by atoms with E-state index in [9.17, 15) is 9.59 Å². The number of thiophene rings is 1. The number of rotatable bonds is 5. The Balaban J connectivity index is 1.58. The van der Waals surface area contributed by atoms with Crippen LogP contribution in [-0.4, -0.2) is 23.3 Å². The van der Waals surface area contributed by atoms with Crippen molar-refractivity contribution >= 4 is 39.0 Å². The number of ketones is 1. The average Bonchev–Trinajstić information content (AvgIpc) is 3.07. The van der Waals surface area contributed by atoms with Crippen LogP contribution in [0.2, 0.25) is 0 Å². The van der Waals surface area contributed by atoms with Crippen LogP contribution in [0.4, 0.5) is 5.69 Å². The number of ether oxygens (including phenoxy) is 1. The average molecular weight is 417 g/mol. The number of nitrogens with two attached hydrogens (primary N) is 1. The molecule has 150 valence electrons. The third-order valence-corrected chi connectivity index (χ3v) is 5.91. The van der Waals surface area contributed by atoms with Gasteiger partial charge in [0, 0.05) is 16.5 Å². The zero-order valence-corrected chi connectivity index (χ0v) is 17.5. The molecule has 0 spiro atoms. The number of nitrogens with zero attached hydrogens (tertiary/aromatic N) is 1. The Morgan fingerprint density at radius 1 is 1.03 bits per heavy atom. The highest BCUT2D eigenvalue weighted by Crippen LogP contribution is 2.36. The summed E-state index contributed by atoms with van der Waals surface area (Å²) in [6, 6.07) is 18.9. The number of hydrogen-bond acceptors (Lipinski definition) is 6. The van der Waals surface area contributed by atoms with Crippen LogP contribution in [0.5, 0.6) is 0 Å². The summed E-state index contributed by atoms with van der Waals surface area (Å²) in [7, 11) is 0. The zero-order valence-electron chi connectivity index (χ0n) is 16.6. The number of aryl methyl sites for hydroxylation is 2. The van der Waals surface area contributed by atoms with Gasteiger partial charge in [0.25, 0.3) is 0 Å². The standard InChI is InChI=1S/C24H20N2O3S/c1-14-7-6-10-17(11-14)19(27)13-29-24(28)22-20(25)18-12-15(2)21(26-23(18)30-22)16-8-4-3-5-9-16/h3-12H,13,25H2,1-2H3. The summed E-state index contributed by atoms with van der Waals surface area (Å²) >= 11 is 1.18. The minimum atomic E-state index is -0.615. The van der Waals surface area contributed by atoms with Crippen LogP contribution in [0.25, 0.3) is 21.5 Å². The first-order valence-electron chi connectivity index (χ1n) is 9.46. The molecule has 2 aromatic heterocycles. The van der Waals surface area contributed by atoms with Gasteiger partial charge in [-0.2, -0.15) is 0 Å². The highest BCUT2D eigenvalue weighted by Gasteiger charge is 2.21. The molecule has 0 fully saturated rings. The van der Waals surface area contributed by atoms with Gasteiger partial charge in [-0.25, -0.2) is 9.78 Å². The van der Waals surface area contributed by atoms with Crippen molar-refractivity contribution in [1.29, 1.82) is 0 Å². The quantitative estimate of drug-likeness (QED) is 0.357. The third kappa shape index (κ3) is 3.82. The number of pyridine rings is 1. The molecule has 2 aromatic carbocycles. The van der Waals surface area contributed by atoms with Crippen molar-refractivity contribution in [2.75, 3.05) is 12.3 Å². The molecule has 0 saturated carbocycles. The van der Waals surface area contributed by atoms with Crippen LogP contribution >= 0.6 is 11.3 Å². The second-order valence-corrected chi connectivity index (χ2v) is 8.09. The lowest BCUT2D eigenvalue weighted by Gasteiger charge is -2.05. The molecule has 0 bridgehead atoms. The lowest BCUT2D eigenvalue weighted by Crippen LogP contribution is -2.14. The Labute approximate surface area is 178 Å². The summed E-state index contributed by atoms with van der Waals surface area (Å²) in [5.74, 6) is -0.873. The molecule has 2 heterocycles. The Morgan fingerprint density at radius 3 is 2.53 bits per heavy atom. The first-order valence-corrected chi connectivity index (χ1v) is 10.3. The van der Waals surface area contributed by atoms with Crippen LogP contribution < -0.4 is 5.73 Å². The summed E-state index contributed by atoms with van der Waals surface area (Å²) in [6.45, 7) is 3.53. The Hall–Kier alpha value is -3.51. The van der Waals surface area contributed by atoms with Crippen LogP contribution in [0, 0.1) is 13.8 Å². The predicted octanol–water partition coefficient (Wildman–Crippen LogP) is 5.20. The smallest absolute Gasteiger partial charge is 0.350 e. The molecule has 4 rings (SSSR count). The maximum absolute atomic E-state index is 12.6. The van der Waals surface area contributed by atoms with Gasteiger partial charge in [-0.15, -0.1) is 11.3 Å². The van der Waals surface area contributed by atoms with E-state index in [-0.39, 0.29) is 17.3 Å². The fourth-order valence-electron chi connectivity index (χ4n) is 3.28. The lowest BCUT2D eigenvalue weighted by atomic mass is 10.1. The maximum Gasteiger partial charge on any atom is 0.350 e. The number of carbonyl (C=O) groups is 2.